The Labute approximate surface area is 170 Å². The van der Waals surface area contributed by atoms with Gasteiger partial charge < -0.3 is 4.90 Å². The first-order chi connectivity index (χ1) is 13.7. The van der Waals surface area contributed by atoms with Gasteiger partial charge >= 0.3 is 0 Å². The van der Waals surface area contributed by atoms with Crippen LogP contribution in [0.4, 0.5) is 0 Å². The number of aromatic nitrogens is 3. The molecule has 1 amide bonds. The van der Waals surface area contributed by atoms with Crippen LogP contribution in [0.5, 0.6) is 0 Å². The summed E-state index contributed by atoms with van der Waals surface area (Å²) in [6.45, 7) is 3.45. The van der Waals surface area contributed by atoms with Gasteiger partial charge in [-0.2, -0.15) is 5.10 Å². The van der Waals surface area contributed by atoms with Gasteiger partial charge in [-0.25, -0.2) is 0 Å². The smallest absolute Gasteiger partial charge is 0.272 e. The van der Waals surface area contributed by atoms with E-state index in [9.17, 15) is 4.79 Å². The lowest BCUT2D eigenvalue weighted by molar-refractivity contribution is 0.0635. The van der Waals surface area contributed by atoms with Crippen molar-refractivity contribution in [3.63, 3.8) is 0 Å². The van der Waals surface area contributed by atoms with Crippen LogP contribution in [0, 0.1) is 0 Å². The lowest BCUT2D eigenvalue weighted by atomic mass is 10.1. The molecule has 1 aliphatic rings. The number of hydrogen-bond acceptors (Lipinski definition) is 3. The Balaban J connectivity index is 1.67. The number of benzene rings is 1. The summed E-state index contributed by atoms with van der Waals surface area (Å²) >= 11 is 6.01. The van der Waals surface area contributed by atoms with Crippen molar-refractivity contribution in [2.24, 2.45) is 0 Å². The Hall–Kier alpha value is -2.66. The molecule has 5 nitrogen and oxygen atoms in total. The first kappa shape index (κ1) is 18.7. The standard InChI is InChI=1S/C22H23ClN4O/c1-2-3-4-19-15-26(14-16-9-11-24-12-10-16)22(28)21-13-20(25-27(19)21)17-5-7-18(23)8-6-17/h5-13,19H,2-4,14-15H2,1H3. The highest BCUT2D eigenvalue weighted by Crippen LogP contribution is 2.30. The highest BCUT2D eigenvalue weighted by molar-refractivity contribution is 6.30. The second-order valence-electron chi connectivity index (χ2n) is 7.20. The van der Waals surface area contributed by atoms with Crippen molar-refractivity contribution < 1.29 is 4.79 Å². The van der Waals surface area contributed by atoms with Crippen molar-refractivity contribution in [2.75, 3.05) is 6.54 Å². The van der Waals surface area contributed by atoms with Gasteiger partial charge in [-0.15, -0.1) is 0 Å². The zero-order chi connectivity index (χ0) is 19.5. The molecule has 0 N–H and O–H groups in total. The quantitative estimate of drug-likeness (QED) is 0.592. The van der Waals surface area contributed by atoms with E-state index in [0.29, 0.717) is 23.8 Å². The van der Waals surface area contributed by atoms with Crippen LogP contribution < -0.4 is 0 Å². The number of unbranched alkanes of at least 4 members (excludes halogenated alkanes) is 1. The van der Waals surface area contributed by atoms with Gasteiger partial charge in [-0.3, -0.25) is 14.5 Å². The minimum absolute atomic E-state index is 0.0253. The molecule has 1 aromatic carbocycles. The number of carbonyl (C=O) groups is 1. The highest BCUT2D eigenvalue weighted by Gasteiger charge is 2.32. The molecule has 3 heterocycles. The van der Waals surface area contributed by atoms with E-state index in [1.54, 1.807) is 12.4 Å². The van der Waals surface area contributed by atoms with Crippen LogP contribution in [-0.2, 0) is 6.54 Å². The topological polar surface area (TPSA) is 51.0 Å². The summed E-state index contributed by atoms with van der Waals surface area (Å²) < 4.78 is 1.94. The van der Waals surface area contributed by atoms with Gasteiger partial charge in [0.25, 0.3) is 5.91 Å². The molecule has 0 bridgehead atoms. The molecule has 0 spiro atoms. The molecule has 28 heavy (non-hydrogen) atoms. The van der Waals surface area contributed by atoms with E-state index in [4.69, 9.17) is 16.7 Å². The maximum absolute atomic E-state index is 13.2. The predicted molar refractivity (Wildman–Crippen MR) is 110 cm³/mol. The van der Waals surface area contributed by atoms with Gasteiger partial charge in [0.15, 0.2) is 0 Å². The van der Waals surface area contributed by atoms with Gasteiger partial charge in [0.2, 0.25) is 0 Å². The molecule has 0 radical (unpaired) electrons. The normalized spacial score (nSPS) is 16.3. The van der Waals surface area contributed by atoms with Crippen LogP contribution in [0.3, 0.4) is 0 Å². The molecule has 0 fully saturated rings. The van der Waals surface area contributed by atoms with E-state index in [1.165, 1.54) is 0 Å². The average molecular weight is 395 g/mol. The van der Waals surface area contributed by atoms with Crippen molar-refractivity contribution in [1.82, 2.24) is 19.7 Å². The number of pyridine rings is 1. The Kier molecular flexibility index (Phi) is 5.44. The number of hydrogen-bond donors (Lipinski definition) is 0. The molecule has 1 unspecified atom stereocenters. The second-order valence-corrected chi connectivity index (χ2v) is 7.64. The Morgan fingerprint density at radius 3 is 2.61 bits per heavy atom. The predicted octanol–water partition coefficient (Wildman–Crippen LogP) is 4.99. The second kappa shape index (κ2) is 8.15. The van der Waals surface area contributed by atoms with Crippen LogP contribution in [0.2, 0.25) is 5.02 Å². The fraction of sp³-hybridized carbons (Fsp3) is 0.318. The Bertz CT molecular complexity index is 952. The summed E-state index contributed by atoms with van der Waals surface area (Å²) in [5.74, 6) is 0.0253. The molecule has 3 aromatic rings. The molecular weight excluding hydrogens is 372 g/mol. The number of carbonyl (C=O) groups excluding carboxylic acids is 1. The average Bonchev–Trinajstić information content (AvgIpc) is 3.16. The monoisotopic (exact) mass is 394 g/mol. The van der Waals surface area contributed by atoms with Gasteiger partial charge in [0.05, 0.1) is 11.7 Å². The van der Waals surface area contributed by atoms with Gasteiger partial charge in [-0.05, 0) is 42.3 Å². The number of nitrogens with zero attached hydrogens (tertiary/aromatic N) is 4. The Morgan fingerprint density at radius 1 is 1.14 bits per heavy atom. The third-order valence-corrected chi connectivity index (χ3v) is 5.42. The van der Waals surface area contributed by atoms with Crippen molar-refractivity contribution in [3.8, 4) is 11.3 Å². The zero-order valence-corrected chi connectivity index (χ0v) is 16.6. The van der Waals surface area contributed by atoms with E-state index in [1.807, 2.05) is 52.0 Å². The zero-order valence-electron chi connectivity index (χ0n) is 15.9. The summed E-state index contributed by atoms with van der Waals surface area (Å²) in [4.78, 5) is 19.2. The van der Waals surface area contributed by atoms with Crippen LogP contribution >= 0.6 is 11.6 Å². The van der Waals surface area contributed by atoms with Crippen molar-refractivity contribution >= 4 is 17.5 Å². The highest BCUT2D eigenvalue weighted by atomic mass is 35.5. The van der Waals surface area contributed by atoms with Crippen molar-refractivity contribution in [1.29, 1.82) is 0 Å². The van der Waals surface area contributed by atoms with Crippen molar-refractivity contribution in [2.45, 2.75) is 38.8 Å². The summed E-state index contributed by atoms with van der Waals surface area (Å²) in [7, 11) is 0. The number of rotatable bonds is 6. The largest absolute Gasteiger partial charge is 0.331 e. The lowest BCUT2D eigenvalue weighted by Gasteiger charge is -2.33. The van der Waals surface area contributed by atoms with Crippen LogP contribution in [0.15, 0.2) is 54.9 Å². The van der Waals surface area contributed by atoms with Gasteiger partial charge in [-0.1, -0.05) is 43.5 Å². The molecule has 144 valence electrons. The third-order valence-electron chi connectivity index (χ3n) is 5.17. The first-order valence-corrected chi connectivity index (χ1v) is 10.1. The summed E-state index contributed by atoms with van der Waals surface area (Å²) in [5.41, 5.74) is 3.52. The summed E-state index contributed by atoms with van der Waals surface area (Å²) in [6.07, 6.45) is 6.76. The Morgan fingerprint density at radius 2 is 1.89 bits per heavy atom. The van der Waals surface area contributed by atoms with Crippen LogP contribution in [-0.4, -0.2) is 32.1 Å². The maximum atomic E-state index is 13.2. The lowest BCUT2D eigenvalue weighted by Crippen LogP contribution is -2.42. The van der Waals surface area contributed by atoms with Crippen LogP contribution in [0.25, 0.3) is 11.3 Å². The summed E-state index contributed by atoms with van der Waals surface area (Å²) in [6, 6.07) is 13.6. The molecule has 1 atom stereocenters. The summed E-state index contributed by atoms with van der Waals surface area (Å²) in [5, 5.41) is 5.48. The van der Waals surface area contributed by atoms with Crippen LogP contribution in [0.1, 0.15) is 48.3 Å². The minimum atomic E-state index is 0.0253. The third kappa shape index (κ3) is 3.80. The minimum Gasteiger partial charge on any atom is -0.331 e. The molecule has 0 saturated heterocycles. The molecule has 0 aliphatic carbocycles. The maximum Gasteiger partial charge on any atom is 0.272 e. The number of amides is 1. The molecule has 1 aliphatic heterocycles. The molecule has 4 rings (SSSR count). The first-order valence-electron chi connectivity index (χ1n) is 9.69. The van der Waals surface area contributed by atoms with E-state index >= 15 is 0 Å². The number of halogens is 1. The SMILES string of the molecule is CCCCC1CN(Cc2ccncc2)C(=O)c2cc(-c3ccc(Cl)cc3)nn21. The van der Waals surface area contributed by atoms with E-state index in [0.717, 1.165) is 36.1 Å². The fourth-order valence-corrected chi connectivity index (χ4v) is 3.80. The van der Waals surface area contributed by atoms with Gasteiger partial charge in [0, 0.05) is 36.1 Å². The number of fused-ring (bicyclic) bond motifs is 1. The van der Waals surface area contributed by atoms with E-state index < -0.39 is 0 Å². The van der Waals surface area contributed by atoms with Gasteiger partial charge in [0.1, 0.15) is 5.69 Å². The van der Waals surface area contributed by atoms with E-state index in [-0.39, 0.29) is 11.9 Å². The van der Waals surface area contributed by atoms with E-state index in [2.05, 4.69) is 11.9 Å². The fourth-order valence-electron chi connectivity index (χ4n) is 3.67. The molecule has 2 aromatic heterocycles. The molecule has 6 heteroatoms. The van der Waals surface area contributed by atoms with Crippen molar-refractivity contribution in [3.05, 3.63) is 71.1 Å². The molecule has 0 saturated carbocycles. The molecular formula is C22H23ClN4O.